The Morgan fingerprint density at radius 1 is 1.25 bits per heavy atom. The number of rotatable bonds is 7. The molecule has 0 aliphatic heterocycles. The van der Waals surface area contributed by atoms with Gasteiger partial charge in [-0.05, 0) is 61.8 Å². The van der Waals surface area contributed by atoms with E-state index in [2.05, 4.69) is 36.6 Å². The van der Waals surface area contributed by atoms with Gasteiger partial charge in [0.2, 0.25) is 0 Å². The maximum atomic E-state index is 13.1. The molecule has 0 spiro atoms. The summed E-state index contributed by atoms with van der Waals surface area (Å²) < 4.78 is 1.12. The average Bonchev–Trinajstić information content (AvgIpc) is 3.05. The number of carbonyl (C=O) groups is 2. The Kier molecular flexibility index (Phi) is 7.12. The van der Waals surface area contributed by atoms with E-state index in [1.54, 1.807) is 39.0 Å². The van der Waals surface area contributed by atoms with Crippen LogP contribution in [0.25, 0.3) is 0 Å². The second-order valence-electron chi connectivity index (χ2n) is 6.78. The molecule has 0 aliphatic rings. The number of aryl methyl sites for hydroxylation is 2. The van der Waals surface area contributed by atoms with Crippen molar-refractivity contribution < 1.29 is 9.59 Å². The van der Waals surface area contributed by atoms with E-state index in [4.69, 9.17) is 23.2 Å². The molecule has 2 rings (SSSR count). The van der Waals surface area contributed by atoms with E-state index >= 15 is 0 Å². The lowest BCUT2D eigenvalue weighted by Gasteiger charge is -2.33. The van der Waals surface area contributed by atoms with Crippen LogP contribution in [0.2, 0.25) is 0 Å². The van der Waals surface area contributed by atoms with Gasteiger partial charge in [0.15, 0.2) is 0 Å². The van der Waals surface area contributed by atoms with Crippen molar-refractivity contribution in [3.05, 3.63) is 40.3 Å². The Balaban J connectivity index is 2.29. The third-order valence-electron chi connectivity index (χ3n) is 4.07. The molecule has 2 aromatic heterocycles. The highest BCUT2D eigenvalue weighted by Gasteiger charge is 2.41. The fourth-order valence-electron chi connectivity index (χ4n) is 2.76. The minimum Gasteiger partial charge on any atom is -0.336 e. The normalized spacial score (nSPS) is 13.7. The standard InChI is InChI=1S/C18H22BrCl2N5O2/c1-5-26-13(8-9-22-26)15(27)25-17(3,10-18(4,20)21)16(28)24-14-7-6-12(19)11(2)23-14/h6-9H,5,10H2,1-4H3,(H,25,27)(H,23,24,28). The molecular formula is C18H22BrCl2N5O2. The van der Waals surface area contributed by atoms with Crippen LogP contribution >= 0.6 is 39.1 Å². The summed E-state index contributed by atoms with van der Waals surface area (Å²) in [6, 6.07) is 5.02. The molecule has 0 aromatic carbocycles. The summed E-state index contributed by atoms with van der Waals surface area (Å²) in [5, 5.41) is 9.56. The molecule has 0 saturated carbocycles. The lowest BCUT2D eigenvalue weighted by Crippen LogP contribution is -2.57. The van der Waals surface area contributed by atoms with Gasteiger partial charge in [-0.2, -0.15) is 5.10 Å². The number of amides is 2. The maximum Gasteiger partial charge on any atom is 0.270 e. The first kappa shape index (κ1) is 22.6. The van der Waals surface area contributed by atoms with E-state index in [9.17, 15) is 9.59 Å². The summed E-state index contributed by atoms with van der Waals surface area (Å²) in [7, 11) is 0. The van der Waals surface area contributed by atoms with Crippen LogP contribution in [-0.4, -0.2) is 36.5 Å². The van der Waals surface area contributed by atoms with Gasteiger partial charge in [0.25, 0.3) is 11.8 Å². The highest BCUT2D eigenvalue weighted by atomic mass is 79.9. The zero-order chi connectivity index (χ0) is 21.1. The van der Waals surface area contributed by atoms with E-state index in [0.717, 1.165) is 10.2 Å². The second kappa shape index (κ2) is 8.80. The van der Waals surface area contributed by atoms with Crippen molar-refractivity contribution in [2.45, 2.75) is 50.5 Å². The predicted octanol–water partition coefficient (Wildman–Crippen LogP) is 4.08. The molecule has 1 atom stereocenters. The van der Waals surface area contributed by atoms with E-state index in [0.29, 0.717) is 18.1 Å². The van der Waals surface area contributed by atoms with Crippen molar-refractivity contribution in [1.82, 2.24) is 20.1 Å². The van der Waals surface area contributed by atoms with Gasteiger partial charge in [0.05, 0.1) is 5.69 Å². The number of carbonyl (C=O) groups excluding carboxylic acids is 2. The van der Waals surface area contributed by atoms with Crippen LogP contribution in [-0.2, 0) is 11.3 Å². The minimum atomic E-state index is -1.39. The van der Waals surface area contributed by atoms with Gasteiger partial charge in [-0.3, -0.25) is 14.3 Å². The van der Waals surface area contributed by atoms with E-state index < -0.39 is 21.7 Å². The Morgan fingerprint density at radius 2 is 1.93 bits per heavy atom. The Morgan fingerprint density at radius 3 is 2.50 bits per heavy atom. The quantitative estimate of drug-likeness (QED) is 0.572. The molecule has 0 radical (unpaired) electrons. The minimum absolute atomic E-state index is 0.0174. The molecule has 1 unspecified atom stereocenters. The van der Waals surface area contributed by atoms with Crippen molar-refractivity contribution in [2.24, 2.45) is 0 Å². The van der Waals surface area contributed by atoms with Gasteiger partial charge in [-0.1, -0.05) is 0 Å². The monoisotopic (exact) mass is 489 g/mol. The summed E-state index contributed by atoms with van der Waals surface area (Å²) in [5.74, 6) is -0.574. The zero-order valence-electron chi connectivity index (χ0n) is 16.0. The van der Waals surface area contributed by atoms with Gasteiger partial charge in [0.1, 0.15) is 21.4 Å². The van der Waals surface area contributed by atoms with Crippen molar-refractivity contribution in [3.63, 3.8) is 0 Å². The van der Waals surface area contributed by atoms with Crippen LogP contribution < -0.4 is 10.6 Å². The van der Waals surface area contributed by atoms with E-state index in [1.807, 2.05) is 6.92 Å². The first-order chi connectivity index (χ1) is 12.9. The highest BCUT2D eigenvalue weighted by molar-refractivity contribution is 9.10. The Labute approximate surface area is 182 Å². The highest BCUT2D eigenvalue weighted by Crippen LogP contribution is 2.31. The van der Waals surface area contributed by atoms with Gasteiger partial charge >= 0.3 is 0 Å². The van der Waals surface area contributed by atoms with Crippen molar-refractivity contribution in [2.75, 3.05) is 5.32 Å². The lowest BCUT2D eigenvalue weighted by atomic mass is 9.94. The molecule has 0 saturated heterocycles. The summed E-state index contributed by atoms with van der Waals surface area (Å²) in [4.78, 5) is 30.1. The number of nitrogens with zero attached hydrogens (tertiary/aromatic N) is 3. The molecule has 0 aliphatic carbocycles. The maximum absolute atomic E-state index is 13.1. The lowest BCUT2D eigenvalue weighted by molar-refractivity contribution is -0.121. The van der Waals surface area contributed by atoms with Crippen LogP contribution in [0.3, 0.4) is 0 Å². The first-order valence-corrected chi connectivity index (χ1v) is 10.2. The smallest absolute Gasteiger partial charge is 0.270 e. The van der Waals surface area contributed by atoms with E-state index in [1.165, 1.54) is 10.9 Å². The van der Waals surface area contributed by atoms with Crippen molar-refractivity contribution in [3.8, 4) is 0 Å². The molecule has 2 amide bonds. The third-order valence-corrected chi connectivity index (χ3v) is 5.17. The summed E-state index contributed by atoms with van der Waals surface area (Å²) in [6.45, 7) is 7.32. The number of aromatic nitrogens is 3. The topological polar surface area (TPSA) is 88.9 Å². The molecule has 0 bridgehead atoms. The van der Waals surface area contributed by atoms with Crippen molar-refractivity contribution in [1.29, 1.82) is 0 Å². The van der Waals surface area contributed by atoms with Gasteiger partial charge in [-0.25, -0.2) is 4.98 Å². The number of halogens is 3. The molecule has 10 heteroatoms. The Hall–Kier alpha value is -1.64. The number of hydrogen-bond acceptors (Lipinski definition) is 4. The van der Waals surface area contributed by atoms with Gasteiger partial charge in [0, 0.05) is 23.6 Å². The molecule has 28 heavy (non-hydrogen) atoms. The second-order valence-corrected chi connectivity index (χ2v) is 9.50. The predicted molar refractivity (Wildman–Crippen MR) is 114 cm³/mol. The molecule has 2 N–H and O–H groups in total. The molecule has 152 valence electrons. The molecular weight excluding hydrogens is 469 g/mol. The fraction of sp³-hybridized carbons (Fsp3) is 0.444. The molecule has 7 nitrogen and oxygen atoms in total. The van der Waals surface area contributed by atoms with Crippen LogP contribution in [0.15, 0.2) is 28.9 Å². The molecule has 2 heterocycles. The van der Waals surface area contributed by atoms with Gasteiger partial charge in [-0.15, -0.1) is 23.2 Å². The number of anilines is 1. The number of pyridine rings is 1. The number of hydrogen-bond donors (Lipinski definition) is 2. The first-order valence-electron chi connectivity index (χ1n) is 8.62. The van der Waals surface area contributed by atoms with Gasteiger partial charge < -0.3 is 10.6 Å². The number of alkyl halides is 2. The third kappa shape index (κ3) is 5.68. The van der Waals surface area contributed by atoms with Crippen LogP contribution in [0, 0.1) is 6.92 Å². The summed E-state index contributed by atoms with van der Waals surface area (Å²) in [5.41, 5.74) is -0.333. The largest absolute Gasteiger partial charge is 0.336 e. The number of nitrogens with one attached hydrogen (secondary N) is 2. The zero-order valence-corrected chi connectivity index (χ0v) is 19.1. The van der Waals surface area contributed by atoms with Crippen LogP contribution in [0.5, 0.6) is 0 Å². The van der Waals surface area contributed by atoms with E-state index in [-0.39, 0.29) is 6.42 Å². The van der Waals surface area contributed by atoms with Crippen LogP contribution in [0.4, 0.5) is 5.82 Å². The van der Waals surface area contributed by atoms with Crippen LogP contribution in [0.1, 0.15) is 43.4 Å². The summed E-state index contributed by atoms with van der Waals surface area (Å²) in [6.07, 6.45) is 1.51. The Bertz CT molecular complexity index is 881. The van der Waals surface area contributed by atoms with Crippen molar-refractivity contribution >= 4 is 56.8 Å². The average molecular weight is 491 g/mol. The summed E-state index contributed by atoms with van der Waals surface area (Å²) >= 11 is 15.7. The molecule has 2 aromatic rings. The fourth-order valence-corrected chi connectivity index (χ4v) is 3.52. The SMILES string of the molecule is CCn1nccc1C(=O)NC(C)(CC(C)(Cl)Cl)C(=O)Nc1ccc(Br)c(C)n1. The molecule has 0 fully saturated rings.